The quantitative estimate of drug-likeness (QED) is 0.878. The van der Waals surface area contributed by atoms with Gasteiger partial charge >= 0.3 is 0 Å². The molecule has 0 spiro atoms. The fraction of sp³-hybridized carbons (Fsp3) is 0.250. The molecule has 2 rings (SSSR count). The van der Waals surface area contributed by atoms with Gasteiger partial charge < -0.3 is 4.74 Å². The van der Waals surface area contributed by atoms with Gasteiger partial charge in [-0.1, -0.05) is 12.1 Å². The maximum atomic E-state index is 12.1. The molecule has 102 valence electrons. The van der Waals surface area contributed by atoms with E-state index in [1.807, 2.05) is 13.8 Å². The molecule has 0 aliphatic carbocycles. The standard InChI is InChI=1S/C12H15N3O3S/c1-9(2)18-11-6-4-3-5-10(11)15-19(16,17)12-7-8-13-14-12/h3-9,15H,1-2H3,(H,13,14). The van der Waals surface area contributed by atoms with Crippen molar-refractivity contribution >= 4 is 15.7 Å². The predicted molar refractivity (Wildman–Crippen MR) is 71.6 cm³/mol. The zero-order valence-corrected chi connectivity index (χ0v) is 11.4. The number of hydrogen-bond donors (Lipinski definition) is 2. The van der Waals surface area contributed by atoms with Crippen molar-refractivity contribution in [2.24, 2.45) is 0 Å². The number of nitrogens with zero attached hydrogens (tertiary/aromatic N) is 1. The number of benzene rings is 1. The van der Waals surface area contributed by atoms with E-state index in [1.54, 1.807) is 24.3 Å². The fourth-order valence-electron chi connectivity index (χ4n) is 1.50. The number of H-pyrrole nitrogens is 1. The minimum atomic E-state index is -3.68. The maximum Gasteiger partial charge on any atom is 0.278 e. The van der Waals surface area contributed by atoms with Crippen molar-refractivity contribution in [3.8, 4) is 5.75 Å². The average Bonchev–Trinajstić information content (AvgIpc) is 2.85. The van der Waals surface area contributed by atoms with Gasteiger partial charge in [0.05, 0.1) is 18.0 Å². The van der Waals surface area contributed by atoms with Crippen molar-refractivity contribution < 1.29 is 13.2 Å². The summed E-state index contributed by atoms with van der Waals surface area (Å²) in [6.45, 7) is 3.75. The molecule has 2 aromatic rings. The molecule has 0 amide bonds. The highest BCUT2D eigenvalue weighted by Gasteiger charge is 2.17. The van der Waals surface area contributed by atoms with Gasteiger partial charge in [-0.05, 0) is 32.0 Å². The van der Waals surface area contributed by atoms with Gasteiger partial charge in [-0.3, -0.25) is 9.82 Å². The van der Waals surface area contributed by atoms with Crippen LogP contribution in [0.25, 0.3) is 0 Å². The second kappa shape index (κ2) is 5.31. The van der Waals surface area contributed by atoms with Crippen molar-refractivity contribution in [1.82, 2.24) is 10.2 Å². The number of nitrogens with one attached hydrogen (secondary N) is 2. The molecule has 0 saturated carbocycles. The second-order valence-corrected chi connectivity index (χ2v) is 5.84. The molecule has 0 aliphatic heterocycles. The van der Waals surface area contributed by atoms with Crippen LogP contribution in [0.1, 0.15) is 13.8 Å². The number of aromatic nitrogens is 2. The normalized spacial score (nSPS) is 11.5. The van der Waals surface area contributed by atoms with E-state index in [4.69, 9.17) is 4.74 Å². The number of ether oxygens (including phenoxy) is 1. The van der Waals surface area contributed by atoms with E-state index < -0.39 is 10.0 Å². The van der Waals surface area contributed by atoms with Gasteiger partial charge in [-0.2, -0.15) is 13.5 Å². The number of para-hydroxylation sites is 2. The first kappa shape index (κ1) is 13.4. The smallest absolute Gasteiger partial charge is 0.278 e. The SMILES string of the molecule is CC(C)Oc1ccccc1NS(=O)(=O)c1ccn[nH]1. The Morgan fingerprint density at radius 1 is 1.26 bits per heavy atom. The molecule has 19 heavy (non-hydrogen) atoms. The minimum Gasteiger partial charge on any atom is -0.489 e. The van der Waals surface area contributed by atoms with Crippen LogP contribution in [0.3, 0.4) is 0 Å². The molecule has 0 saturated heterocycles. The third-order valence-electron chi connectivity index (χ3n) is 2.26. The van der Waals surface area contributed by atoms with E-state index in [0.717, 1.165) is 0 Å². The predicted octanol–water partition coefficient (Wildman–Crippen LogP) is 2.00. The molecule has 0 atom stereocenters. The summed E-state index contributed by atoms with van der Waals surface area (Å²) in [6, 6.07) is 8.26. The van der Waals surface area contributed by atoms with Gasteiger partial charge in [0, 0.05) is 0 Å². The molecule has 0 fully saturated rings. The van der Waals surface area contributed by atoms with E-state index in [1.165, 1.54) is 12.3 Å². The van der Waals surface area contributed by atoms with E-state index in [-0.39, 0.29) is 11.1 Å². The van der Waals surface area contributed by atoms with Gasteiger partial charge in [-0.25, -0.2) is 0 Å². The molecule has 0 unspecified atom stereocenters. The number of sulfonamides is 1. The Morgan fingerprint density at radius 3 is 2.63 bits per heavy atom. The Morgan fingerprint density at radius 2 is 2.00 bits per heavy atom. The van der Waals surface area contributed by atoms with Crippen LogP contribution in [0.5, 0.6) is 5.75 Å². The molecular weight excluding hydrogens is 266 g/mol. The van der Waals surface area contributed by atoms with Crippen LogP contribution in [0.4, 0.5) is 5.69 Å². The van der Waals surface area contributed by atoms with Crippen molar-refractivity contribution in [1.29, 1.82) is 0 Å². The lowest BCUT2D eigenvalue weighted by Crippen LogP contribution is -2.15. The molecular formula is C12H15N3O3S. The Balaban J connectivity index is 2.29. The van der Waals surface area contributed by atoms with Crippen LogP contribution in [-0.4, -0.2) is 24.7 Å². The highest BCUT2D eigenvalue weighted by Crippen LogP contribution is 2.26. The molecule has 6 nitrogen and oxygen atoms in total. The summed E-state index contributed by atoms with van der Waals surface area (Å²) < 4.78 is 32.2. The Bertz CT molecular complexity index is 636. The van der Waals surface area contributed by atoms with Crippen LogP contribution in [0.15, 0.2) is 41.6 Å². The molecule has 2 N–H and O–H groups in total. The van der Waals surface area contributed by atoms with Crippen molar-refractivity contribution in [2.75, 3.05) is 4.72 Å². The van der Waals surface area contributed by atoms with Crippen molar-refractivity contribution in [3.63, 3.8) is 0 Å². The highest BCUT2D eigenvalue weighted by atomic mass is 32.2. The van der Waals surface area contributed by atoms with Crippen LogP contribution in [-0.2, 0) is 10.0 Å². The van der Waals surface area contributed by atoms with Gasteiger partial charge in [0.2, 0.25) is 0 Å². The monoisotopic (exact) mass is 281 g/mol. The Labute approximate surface area is 111 Å². The first-order valence-corrected chi connectivity index (χ1v) is 7.25. The summed E-state index contributed by atoms with van der Waals surface area (Å²) in [5, 5.41) is 6.05. The zero-order valence-electron chi connectivity index (χ0n) is 10.6. The lowest BCUT2D eigenvalue weighted by Gasteiger charge is -2.15. The Kier molecular flexibility index (Phi) is 3.75. The number of anilines is 1. The molecule has 0 radical (unpaired) electrons. The average molecular weight is 281 g/mol. The third-order valence-corrected chi connectivity index (χ3v) is 3.55. The Hall–Kier alpha value is -2.02. The molecule has 0 aliphatic rings. The summed E-state index contributed by atoms with van der Waals surface area (Å²) in [5.41, 5.74) is 0.394. The minimum absolute atomic E-state index is 0.00634. The topological polar surface area (TPSA) is 84.1 Å². The van der Waals surface area contributed by atoms with Crippen LogP contribution >= 0.6 is 0 Å². The van der Waals surface area contributed by atoms with E-state index in [9.17, 15) is 8.42 Å². The van der Waals surface area contributed by atoms with Gasteiger partial charge in [0.25, 0.3) is 10.0 Å². The van der Waals surface area contributed by atoms with Crippen molar-refractivity contribution in [2.45, 2.75) is 25.0 Å². The van der Waals surface area contributed by atoms with Crippen LogP contribution in [0.2, 0.25) is 0 Å². The lowest BCUT2D eigenvalue weighted by molar-refractivity contribution is 0.244. The zero-order chi connectivity index (χ0) is 13.9. The largest absolute Gasteiger partial charge is 0.489 e. The first-order chi connectivity index (χ1) is 8.99. The molecule has 0 bridgehead atoms. The number of aromatic amines is 1. The van der Waals surface area contributed by atoms with Gasteiger partial charge in [-0.15, -0.1) is 0 Å². The molecule has 7 heteroatoms. The van der Waals surface area contributed by atoms with E-state index >= 15 is 0 Å². The summed E-state index contributed by atoms with van der Waals surface area (Å²) in [7, 11) is -3.68. The summed E-state index contributed by atoms with van der Waals surface area (Å²) in [5.74, 6) is 0.487. The van der Waals surface area contributed by atoms with Gasteiger partial charge in [0.15, 0.2) is 5.03 Å². The summed E-state index contributed by atoms with van der Waals surface area (Å²) in [4.78, 5) is 0. The molecule has 1 aromatic carbocycles. The van der Waals surface area contributed by atoms with Crippen LogP contribution in [0, 0.1) is 0 Å². The number of hydrogen-bond acceptors (Lipinski definition) is 4. The van der Waals surface area contributed by atoms with Gasteiger partial charge in [0.1, 0.15) is 5.75 Å². The third kappa shape index (κ3) is 3.25. The number of rotatable bonds is 5. The van der Waals surface area contributed by atoms with Crippen molar-refractivity contribution in [3.05, 3.63) is 36.5 Å². The summed E-state index contributed by atoms with van der Waals surface area (Å²) in [6.07, 6.45) is 1.34. The highest BCUT2D eigenvalue weighted by molar-refractivity contribution is 7.92. The van der Waals surface area contributed by atoms with Crippen LogP contribution < -0.4 is 9.46 Å². The maximum absolute atomic E-state index is 12.1. The molecule has 1 heterocycles. The second-order valence-electron chi connectivity index (χ2n) is 4.19. The van der Waals surface area contributed by atoms with E-state index in [2.05, 4.69) is 14.9 Å². The molecule has 1 aromatic heterocycles. The summed E-state index contributed by atoms with van der Waals surface area (Å²) >= 11 is 0. The first-order valence-electron chi connectivity index (χ1n) is 5.77. The fourth-order valence-corrected chi connectivity index (χ4v) is 2.48. The lowest BCUT2D eigenvalue weighted by atomic mass is 10.3. The van der Waals surface area contributed by atoms with E-state index in [0.29, 0.717) is 11.4 Å².